The zero-order chi connectivity index (χ0) is 19.1. The molecule has 2 aliphatic heterocycles. The first-order valence-corrected chi connectivity index (χ1v) is 10.4. The molecule has 3 rings (SSSR count). The lowest BCUT2D eigenvalue weighted by molar-refractivity contribution is -0.134. The van der Waals surface area contributed by atoms with Gasteiger partial charge in [-0.2, -0.15) is 5.10 Å². The smallest absolute Gasteiger partial charge is 0.359 e. The van der Waals surface area contributed by atoms with Crippen LogP contribution in [0.3, 0.4) is 0 Å². The first-order chi connectivity index (χ1) is 12.2. The third kappa shape index (κ3) is 3.65. The van der Waals surface area contributed by atoms with E-state index >= 15 is 0 Å². The number of ether oxygens (including phenoxy) is 1. The monoisotopic (exact) mass is 378 g/mol. The van der Waals surface area contributed by atoms with Gasteiger partial charge in [0.1, 0.15) is 11.5 Å². The Morgan fingerprint density at radius 3 is 2.54 bits per heavy atom. The molecule has 0 bridgehead atoms. The fourth-order valence-corrected chi connectivity index (χ4v) is 4.90. The summed E-state index contributed by atoms with van der Waals surface area (Å²) in [7, 11) is -3.15. The Hall–Kier alpha value is -2.22. The summed E-state index contributed by atoms with van der Waals surface area (Å²) in [4.78, 5) is 24.7. The quantitative estimate of drug-likeness (QED) is 0.589. The van der Waals surface area contributed by atoms with Gasteiger partial charge < -0.3 is 4.74 Å². The Bertz CT molecular complexity index is 904. The fourth-order valence-electron chi connectivity index (χ4n) is 3.21. The largest absolute Gasteiger partial charge is 0.421 e. The Labute approximate surface area is 152 Å². The maximum absolute atomic E-state index is 12.6. The van der Waals surface area contributed by atoms with Crippen LogP contribution in [0.4, 0.5) is 0 Å². The predicted octanol–water partition coefficient (Wildman–Crippen LogP) is 1.68. The van der Waals surface area contributed by atoms with E-state index in [1.54, 1.807) is 0 Å². The van der Waals surface area contributed by atoms with Crippen LogP contribution >= 0.6 is 0 Å². The standard InChI is InChI=1S/C18H22N2O5S/c1-11-4-5-12(2)17(13(11)3)25-18(22)15-6-7-16(21)20(19-15)14-8-9-26(23,24)10-14/h4-5,14H,6-10H2,1-3H3. The van der Waals surface area contributed by atoms with E-state index in [4.69, 9.17) is 4.74 Å². The molecular formula is C18H22N2O5S. The molecule has 0 aliphatic carbocycles. The summed E-state index contributed by atoms with van der Waals surface area (Å²) in [6, 6.07) is 3.34. The van der Waals surface area contributed by atoms with E-state index in [1.165, 1.54) is 5.01 Å². The summed E-state index contributed by atoms with van der Waals surface area (Å²) in [5, 5.41) is 5.32. The van der Waals surface area contributed by atoms with Gasteiger partial charge in [-0.05, 0) is 43.9 Å². The molecule has 1 atom stereocenters. The SMILES string of the molecule is Cc1ccc(C)c(OC(=O)C2=NN(C3CCS(=O)(=O)C3)C(=O)CC2)c1C. The average molecular weight is 378 g/mol. The number of aryl methyl sites for hydroxylation is 2. The third-order valence-electron chi connectivity index (χ3n) is 4.92. The van der Waals surface area contributed by atoms with Crippen molar-refractivity contribution in [2.75, 3.05) is 11.5 Å². The van der Waals surface area contributed by atoms with Crippen LogP contribution in [0.25, 0.3) is 0 Å². The van der Waals surface area contributed by atoms with Gasteiger partial charge in [0.2, 0.25) is 5.91 Å². The summed E-state index contributed by atoms with van der Waals surface area (Å²) in [5.41, 5.74) is 2.88. The summed E-state index contributed by atoms with van der Waals surface area (Å²) in [6.07, 6.45) is 0.657. The highest BCUT2D eigenvalue weighted by Crippen LogP contribution is 2.27. The lowest BCUT2D eigenvalue weighted by Gasteiger charge is -2.27. The highest BCUT2D eigenvalue weighted by molar-refractivity contribution is 7.91. The van der Waals surface area contributed by atoms with Crippen LogP contribution in [0.15, 0.2) is 17.2 Å². The van der Waals surface area contributed by atoms with Gasteiger partial charge in [-0.1, -0.05) is 12.1 Å². The molecule has 0 spiro atoms. The number of benzene rings is 1. The molecular weight excluding hydrogens is 356 g/mol. The number of esters is 1. The van der Waals surface area contributed by atoms with Gasteiger partial charge in [-0.15, -0.1) is 0 Å². The number of hydrogen-bond donors (Lipinski definition) is 0. The van der Waals surface area contributed by atoms with Crippen molar-refractivity contribution in [2.45, 2.75) is 46.1 Å². The highest BCUT2D eigenvalue weighted by atomic mass is 32.2. The number of rotatable bonds is 3. The second kappa shape index (κ2) is 6.83. The van der Waals surface area contributed by atoms with Gasteiger partial charge in [0.05, 0.1) is 17.5 Å². The summed E-state index contributed by atoms with van der Waals surface area (Å²) >= 11 is 0. The molecule has 1 amide bonds. The van der Waals surface area contributed by atoms with Crippen molar-refractivity contribution in [3.63, 3.8) is 0 Å². The summed E-state index contributed by atoms with van der Waals surface area (Å²) in [5.74, 6) is -0.421. The highest BCUT2D eigenvalue weighted by Gasteiger charge is 2.37. The molecule has 0 saturated carbocycles. The molecule has 2 heterocycles. The summed E-state index contributed by atoms with van der Waals surface area (Å²) < 4.78 is 28.9. The Morgan fingerprint density at radius 1 is 1.19 bits per heavy atom. The molecule has 26 heavy (non-hydrogen) atoms. The Morgan fingerprint density at radius 2 is 1.88 bits per heavy atom. The van der Waals surface area contributed by atoms with E-state index in [0.29, 0.717) is 12.2 Å². The molecule has 1 aromatic rings. The van der Waals surface area contributed by atoms with E-state index in [2.05, 4.69) is 5.10 Å². The molecule has 7 nitrogen and oxygen atoms in total. The van der Waals surface area contributed by atoms with Crippen molar-refractivity contribution in [2.24, 2.45) is 5.10 Å². The van der Waals surface area contributed by atoms with E-state index in [0.717, 1.165) is 16.7 Å². The number of hydrazone groups is 1. The zero-order valence-electron chi connectivity index (χ0n) is 15.1. The molecule has 1 aromatic carbocycles. The van der Waals surface area contributed by atoms with Crippen molar-refractivity contribution in [3.05, 3.63) is 28.8 Å². The van der Waals surface area contributed by atoms with Crippen LogP contribution in [0.2, 0.25) is 0 Å². The Balaban J connectivity index is 1.82. The van der Waals surface area contributed by atoms with Crippen molar-refractivity contribution in [3.8, 4) is 5.75 Å². The van der Waals surface area contributed by atoms with Gasteiger partial charge in [-0.3, -0.25) is 4.79 Å². The number of nitrogens with zero attached hydrogens (tertiary/aromatic N) is 2. The predicted molar refractivity (Wildman–Crippen MR) is 96.9 cm³/mol. The van der Waals surface area contributed by atoms with Gasteiger partial charge in [0, 0.05) is 12.8 Å². The van der Waals surface area contributed by atoms with Crippen LogP contribution in [0.1, 0.15) is 36.0 Å². The van der Waals surface area contributed by atoms with Gasteiger partial charge >= 0.3 is 5.97 Å². The van der Waals surface area contributed by atoms with Gasteiger partial charge in [0.25, 0.3) is 0 Å². The molecule has 2 aliphatic rings. The van der Waals surface area contributed by atoms with E-state index in [-0.39, 0.29) is 36.0 Å². The van der Waals surface area contributed by atoms with Crippen LogP contribution in [-0.4, -0.2) is 48.6 Å². The molecule has 0 radical (unpaired) electrons. The second-order valence-electron chi connectivity index (χ2n) is 6.88. The molecule has 1 saturated heterocycles. The first kappa shape index (κ1) is 18.6. The lowest BCUT2D eigenvalue weighted by Crippen LogP contribution is -2.42. The maximum atomic E-state index is 12.6. The topological polar surface area (TPSA) is 93.1 Å². The van der Waals surface area contributed by atoms with Crippen molar-refractivity contribution >= 4 is 27.4 Å². The van der Waals surface area contributed by atoms with Crippen molar-refractivity contribution in [1.29, 1.82) is 0 Å². The van der Waals surface area contributed by atoms with E-state index in [1.807, 2.05) is 32.9 Å². The Kier molecular flexibility index (Phi) is 4.88. The van der Waals surface area contributed by atoms with E-state index < -0.39 is 21.8 Å². The number of hydrogen-bond acceptors (Lipinski definition) is 6. The fraction of sp³-hybridized carbons (Fsp3) is 0.500. The number of carbonyl (C=O) groups excluding carboxylic acids is 2. The molecule has 1 unspecified atom stereocenters. The molecule has 8 heteroatoms. The van der Waals surface area contributed by atoms with Crippen LogP contribution in [0, 0.1) is 20.8 Å². The minimum Gasteiger partial charge on any atom is -0.421 e. The second-order valence-corrected chi connectivity index (χ2v) is 9.11. The molecule has 0 N–H and O–H groups in total. The summed E-state index contributed by atoms with van der Waals surface area (Å²) in [6.45, 7) is 5.68. The molecule has 140 valence electrons. The minimum atomic E-state index is -3.15. The van der Waals surface area contributed by atoms with Crippen molar-refractivity contribution in [1.82, 2.24) is 5.01 Å². The number of amides is 1. The number of sulfone groups is 1. The van der Waals surface area contributed by atoms with Crippen LogP contribution in [0.5, 0.6) is 5.75 Å². The van der Waals surface area contributed by atoms with Crippen LogP contribution < -0.4 is 4.74 Å². The normalized spacial score (nSPS) is 22.3. The third-order valence-corrected chi connectivity index (χ3v) is 6.67. The van der Waals surface area contributed by atoms with Crippen LogP contribution in [-0.2, 0) is 19.4 Å². The number of carbonyl (C=O) groups is 2. The average Bonchev–Trinajstić information content (AvgIpc) is 2.95. The molecule has 1 fully saturated rings. The maximum Gasteiger partial charge on any atom is 0.359 e. The zero-order valence-corrected chi connectivity index (χ0v) is 15.9. The molecule has 0 aromatic heterocycles. The first-order valence-electron chi connectivity index (χ1n) is 8.57. The minimum absolute atomic E-state index is 0.0401. The van der Waals surface area contributed by atoms with Gasteiger partial charge in [-0.25, -0.2) is 18.2 Å². The van der Waals surface area contributed by atoms with E-state index in [9.17, 15) is 18.0 Å². The lowest BCUT2D eigenvalue weighted by atomic mass is 10.1. The van der Waals surface area contributed by atoms with Gasteiger partial charge in [0.15, 0.2) is 9.84 Å². The van der Waals surface area contributed by atoms with Crippen molar-refractivity contribution < 1.29 is 22.7 Å².